The first-order valence-electron chi connectivity index (χ1n) is 9.63. The van der Waals surface area contributed by atoms with Gasteiger partial charge in [-0.2, -0.15) is 0 Å². The van der Waals surface area contributed by atoms with Crippen LogP contribution < -0.4 is 0 Å². The van der Waals surface area contributed by atoms with E-state index in [2.05, 4.69) is 0 Å². The maximum atomic E-state index is 12.8. The van der Waals surface area contributed by atoms with Crippen LogP contribution in [0.25, 0.3) is 0 Å². The lowest BCUT2D eigenvalue weighted by molar-refractivity contribution is -0.161. The Morgan fingerprint density at radius 3 is 2.65 bits per heavy atom. The molecule has 26 heavy (non-hydrogen) atoms. The normalized spacial score (nSPS) is 31.5. The zero-order valence-electron chi connectivity index (χ0n) is 15.1. The number of hydrogen-bond donors (Lipinski definition) is 0. The standard InChI is InChI=1S/C21H26O5/c22-18(25-12-16-7-3-1-4-8-16)11-20-13-21(15-24-14-20,19(23)26-20)17-9-5-2-6-10-17/h1,3-4,7-8,17H,2,5-6,9-15H2/t20?,21-/m0/s1. The first-order valence-corrected chi connectivity index (χ1v) is 9.63. The van der Waals surface area contributed by atoms with Crippen molar-refractivity contribution in [2.45, 2.75) is 57.2 Å². The van der Waals surface area contributed by atoms with Gasteiger partial charge < -0.3 is 14.2 Å². The summed E-state index contributed by atoms with van der Waals surface area (Å²) in [6, 6.07) is 9.58. The third-order valence-electron chi connectivity index (χ3n) is 6.17. The SMILES string of the molecule is O=C(CC12COC[C@](C3CCCCC3)(C1)C(=O)O2)OCc1ccccc1. The first-order chi connectivity index (χ1) is 12.6. The quantitative estimate of drug-likeness (QED) is 0.755. The molecular weight excluding hydrogens is 332 g/mol. The number of fused-ring (bicyclic) bond motifs is 2. The van der Waals surface area contributed by atoms with E-state index in [-0.39, 0.29) is 31.6 Å². The van der Waals surface area contributed by atoms with E-state index < -0.39 is 11.0 Å². The highest BCUT2D eigenvalue weighted by Crippen LogP contribution is 2.54. The summed E-state index contributed by atoms with van der Waals surface area (Å²) in [6.45, 7) is 0.948. The first kappa shape index (κ1) is 17.5. The van der Waals surface area contributed by atoms with Crippen molar-refractivity contribution in [3.8, 4) is 0 Å². The molecule has 2 heterocycles. The second-order valence-electron chi connectivity index (χ2n) is 8.06. The van der Waals surface area contributed by atoms with Gasteiger partial charge in [0.2, 0.25) is 0 Å². The van der Waals surface area contributed by atoms with Gasteiger partial charge in [-0.25, -0.2) is 0 Å². The molecule has 1 unspecified atom stereocenters. The van der Waals surface area contributed by atoms with Gasteiger partial charge in [-0.3, -0.25) is 9.59 Å². The van der Waals surface area contributed by atoms with Gasteiger partial charge in [-0.1, -0.05) is 49.6 Å². The van der Waals surface area contributed by atoms with Gasteiger partial charge in [-0.05, 0) is 24.3 Å². The number of carbonyl (C=O) groups is 2. The molecule has 140 valence electrons. The Balaban J connectivity index is 1.41. The van der Waals surface area contributed by atoms with Gasteiger partial charge in [0.15, 0.2) is 0 Å². The number of ether oxygens (including phenoxy) is 3. The Morgan fingerprint density at radius 2 is 1.88 bits per heavy atom. The van der Waals surface area contributed by atoms with Crippen LogP contribution in [0.5, 0.6) is 0 Å². The monoisotopic (exact) mass is 358 g/mol. The fraction of sp³-hybridized carbons (Fsp3) is 0.619. The molecule has 2 aliphatic heterocycles. The average Bonchev–Trinajstić information content (AvgIpc) is 2.87. The van der Waals surface area contributed by atoms with Crippen LogP contribution in [0.2, 0.25) is 0 Å². The van der Waals surface area contributed by atoms with Crippen molar-refractivity contribution >= 4 is 11.9 Å². The topological polar surface area (TPSA) is 61.8 Å². The molecule has 4 rings (SSSR count). The Hall–Kier alpha value is -1.88. The van der Waals surface area contributed by atoms with Crippen molar-refractivity contribution in [2.75, 3.05) is 13.2 Å². The van der Waals surface area contributed by atoms with Crippen molar-refractivity contribution in [1.82, 2.24) is 0 Å². The zero-order chi connectivity index (χ0) is 18.0. The fourth-order valence-corrected chi connectivity index (χ4v) is 4.88. The van der Waals surface area contributed by atoms with Crippen molar-refractivity contribution in [1.29, 1.82) is 0 Å². The van der Waals surface area contributed by atoms with Crippen molar-refractivity contribution < 1.29 is 23.8 Å². The van der Waals surface area contributed by atoms with Crippen molar-refractivity contribution in [3.63, 3.8) is 0 Å². The second-order valence-corrected chi connectivity index (χ2v) is 8.06. The Labute approximate surface area is 154 Å². The molecule has 2 atom stereocenters. The minimum absolute atomic E-state index is 0.0695. The largest absolute Gasteiger partial charge is 0.461 e. The molecule has 2 bridgehead atoms. The maximum Gasteiger partial charge on any atom is 0.315 e. The van der Waals surface area contributed by atoms with E-state index in [1.807, 2.05) is 30.3 Å². The van der Waals surface area contributed by atoms with Crippen molar-refractivity contribution in [3.05, 3.63) is 35.9 Å². The van der Waals surface area contributed by atoms with E-state index in [9.17, 15) is 9.59 Å². The molecule has 0 amide bonds. The van der Waals surface area contributed by atoms with Gasteiger partial charge in [0.05, 0.1) is 25.0 Å². The second kappa shape index (κ2) is 7.03. The molecule has 3 aliphatic rings. The third kappa shape index (κ3) is 3.25. The van der Waals surface area contributed by atoms with Crippen LogP contribution in [0, 0.1) is 11.3 Å². The van der Waals surface area contributed by atoms with Crippen LogP contribution in [0.3, 0.4) is 0 Å². The minimum atomic E-state index is -0.847. The molecule has 1 aromatic carbocycles. The number of hydrogen-bond acceptors (Lipinski definition) is 5. The molecular formula is C21H26O5. The van der Waals surface area contributed by atoms with Gasteiger partial charge >= 0.3 is 11.9 Å². The predicted molar refractivity (Wildman–Crippen MR) is 94.1 cm³/mol. The van der Waals surface area contributed by atoms with E-state index in [1.54, 1.807) is 0 Å². The molecule has 2 saturated heterocycles. The van der Waals surface area contributed by atoms with Crippen LogP contribution in [-0.2, 0) is 30.4 Å². The zero-order valence-corrected chi connectivity index (χ0v) is 15.1. The molecule has 1 saturated carbocycles. The predicted octanol–water partition coefficient (Wildman–Crippen LogP) is 3.40. The third-order valence-corrected chi connectivity index (χ3v) is 6.17. The Bertz CT molecular complexity index is 666. The summed E-state index contributed by atoms with van der Waals surface area (Å²) in [5.74, 6) is -0.198. The highest BCUT2D eigenvalue weighted by molar-refractivity contribution is 5.82. The Kier molecular flexibility index (Phi) is 4.74. The molecule has 3 fully saturated rings. The van der Waals surface area contributed by atoms with Gasteiger partial charge in [0.1, 0.15) is 12.2 Å². The molecule has 5 heteroatoms. The lowest BCUT2D eigenvalue weighted by Crippen LogP contribution is -2.47. The Morgan fingerprint density at radius 1 is 1.12 bits per heavy atom. The lowest BCUT2D eigenvalue weighted by Gasteiger charge is -2.40. The van der Waals surface area contributed by atoms with E-state index >= 15 is 0 Å². The number of esters is 2. The van der Waals surface area contributed by atoms with Crippen LogP contribution in [0.15, 0.2) is 30.3 Å². The summed E-state index contributed by atoms with van der Waals surface area (Å²) in [5.41, 5.74) is -0.461. The summed E-state index contributed by atoms with van der Waals surface area (Å²) in [7, 11) is 0. The average molecular weight is 358 g/mol. The van der Waals surface area contributed by atoms with Gasteiger partial charge in [0.25, 0.3) is 0 Å². The van der Waals surface area contributed by atoms with E-state index in [4.69, 9.17) is 14.2 Å². The molecule has 5 nitrogen and oxygen atoms in total. The number of carbonyl (C=O) groups excluding carboxylic acids is 2. The number of rotatable bonds is 5. The molecule has 1 aliphatic carbocycles. The van der Waals surface area contributed by atoms with Crippen LogP contribution in [0.4, 0.5) is 0 Å². The van der Waals surface area contributed by atoms with E-state index in [1.165, 1.54) is 6.42 Å². The maximum absolute atomic E-state index is 12.8. The van der Waals surface area contributed by atoms with E-state index in [0.29, 0.717) is 18.9 Å². The molecule has 0 radical (unpaired) electrons. The van der Waals surface area contributed by atoms with Crippen molar-refractivity contribution in [2.24, 2.45) is 11.3 Å². The highest BCUT2D eigenvalue weighted by atomic mass is 16.6. The molecule has 0 N–H and O–H groups in total. The summed E-state index contributed by atoms with van der Waals surface area (Å²) < 4.78 is 17.0. The summed E-state index contributed by atoms with van der Waals surface area (Å²) >= 11 is 0. The minimum Gasteiger partial charge on any atom is -0.461 e. The van der Waals surface area contributed by atoms with Crippen LogP contribution in [0.1, 0.15) is 50.5 Å². The van der Waals surface area contributed by atoms with Gasteiger partial charge in [-0.15, -0.1) is 0 Å². The van der Waals surface area contributed by atoms with E-state index in [0.717, 1.165) is 31.2 Å². The summed E-state index contributed by atoms with van der Waals surface area (Å²) in [6.07, 6.45) is 6.31. The summed E-state index contributed by atoms with van der Waals surface area (Å²) in [5, 5.41) is 0. The lowest BCUT2D eigenvalue weighted by atomic mass is 9.65. The van der Waals surface area contributed by atoms with Crippen LogP contribution in [-0.4, -0.2) is 30.8 Å². The molecule has 0 spiro atoms. The fourth-order valence-electron chi connectivity index (χ4n) is 4.88. The van der Waals surface area contributed by atoms with Gasteiger partial charge in [0, 0.05) is 6.42 Å². The molecule has 0 aromatic heterocycles. The smallest absolute Gasteiger partial charge is 0.315 e. The highest BCUT2D eigenvalue weighted by Gasteiger charge is 2.63. The summed E-state index contributed by atoms with van der Waals surface area (Å²) in [4.78, 5) is 25.2. The van der Waals surface area contributed by atoms with Crippen LogP contribution >= 0.6 is 0 Å². The number of benzene rings is 1. The molecule has 1 aromatic rings.